The fraction of sp³-hybridized carbons (Fsp3) is 0.296. The number of sulfone groups is 1. The summed E-state index contributed by atoms with van der Waals surface area (Å²) in [5.74, 6) is -0.210. The molecule has 0 saturated carbocycles. The third kappa shape index (κ3) is 5.73. The van der Waals surface area contributed by atoms with Gasteiger partial charge in [-0.1, -0.05) is 30.3 Å². The van der Waals surface area contributed by atoms with E-state index in [1.807, 2.05) is 6.92 Å². The number of anilines is 1. The Morgan fingerprint density at radius 3 is 2.47 bits per heavy atom. The molecular weight excluding hydrogens is 512 g/mol. The second-order valence-corrected chi connectivity index (χ2v) is 11.5. The number of nitrogens with two attached hydrogens (primary N) is 1. The lowest BCUT2D eigenvalue weighted by Crippen LogP contribution is -2.27. The van der Waals surface area contributed by atoms with Gasteiger partial charge in [0.15, 0.2) is 27.1 Å². The van der Waals surface area contributed by atoms with Crippen LogP contribution in [0.5, 0.6) is 0 Å². The van der Waals surface area contributed by atoms with Crippen molar-refractivity contribution in [2.24, 2.45) is 0 Å². The quantitative estimate of drug-likeness (QED) is 0.281. The van der Waals surface area contributed by atoms with Gasteiger partial charge in [0.05, 0.1) is 22.0 Å². The lowest BCUT2D eigenvalue weighted by atomic mass is 10.1. The minimum atomic E-state index is -3.41. The molecule has 11 heteroatoms. The third-order valence-electron chi connectivity index (χ3n) is 6.32. The SMILES string of the molecule is CCC(C)S(=O)(=O)c1ccc(-c2cnc(N)c(-c3cc(-c4ccc(CNC(C)CF)cc4F)no3)n2)cc1. The Bertz CT molecular complexity index is 1520. The van der Waals surface area contributed by atoms with Crippen LogP contribution < -0.4 is 11.1 Å². The Kier molecular flexibility index (Phi) is 8.17. The van der Waals surface area contributed by atoms with Crippen molar-refractivity contribution in [3.05, 3.63) is 66.1 Å². The first-order valence-electron chi connectivity index (χ1n) is 12.2. The summed E-state index contributed by atoms with van der Waals surface area (Å²) in [6.45, 7) is 5.03. The largest absolute Gasteiger partial charge is 0.382 e. The third-order valence-corrected chi connectivity index (χ3v) is 8.65. The van der Waals surface area contributed by atoms with Crippen LogP contribution in [0, 0.1) is 5.82 Å². The Labute approximate surface area is 220 Å². The van der Waals surface area contributed by atoms with E-state index in [0.29, 0.717) is 29.8 Å². The van der Waals surface area contributed by atoms with Gasteiger partial charge in [-0.15, -0.1) is 0 Å². The van der Waals surface area contributed by atoms with Crippen molar-refractivity contribution in [3.8, 4) is 34.0 Å². The smallest absolute Gasteiger partial charge is 0.189 e. The maximum Gasteiger partial charge on any atom is 0.189 e. The average molecular weight is 542 g/mol. The van der Waals surface area contributed by atoms with E-state index in [9.17, 15) is 17.2 Å². The Hall–Kier alpha value is -3.70. The molecule has 0 fully saturated rings. The van der Waals surface area contributed by atoms with Crippen LogP contribution in [0.4, 0.5) is 14.6 Å². The molecule has 2 aromatic heterocycles. The van der Waals surface area contributed by atoms with Crippen molar-refractivity contribution in [2.75, 3.05) is 12.4 Å². The first kappa shape index (κ1) is 27.3. The standard InChI is InChI=1S/C27H29F2N5O3S/c1-4-17(3)38(35,36)20-8-6-19(7-9-20)24-15-32-27(30)26(33-24)25-12-23(34-37-25)21-10-5-18(11-22(21)29)14-31-16(2)13-28/h5-12,15-17,31H,4,13-14H2,1-3H3,(H2,30,32). The maximum absolute atomic E-state index is 14.8. The number of rotatable bonds is 10. The highest BCUT2D eigenvalue weighted by Crippen LogP contribution is 2.31. The first-order chi connectivity index (χ1) is 18.1. The number of nitrogens with one attached hydrogen (secondary N) is 1. The van der Waals surface area contributed by atoms with Crippen molar-refractivity contribution >= 4 is 15.7 Å². The Morgan fingerprint density at radius 1 is 1.08 bits per heavy atom. The molecule has 200 valence electrons. The van der Waals surface area contributed by atoms with E-state index in [1.54, 1.807) is 50.2 Å². The molecule has 0 aliphatic carbocycles. The molecule has 2 heterocycles. The fourth-order valence-electron chi connectivity index (χ4n) is 3.72. The number of halogens is 2. The van der Waals surface area contributed by atoms with E-state index < -0.39 is 27.6 Å². The van der Waals surface area contributed by atoms with Gasteiger partial charge in [0.1, 0.15) is 18.2 Å². The van der Waals surface area contributed by atoms with Crippen LogP contribution >= 0.6 is 0 Å². The molecule has 0 saturated heterocycles. The molecule has 0 radical (unpaired) electrons. The Morgan fingerprint density at radius 2 is 1.82 bits per heavy atom. The predicted molar refractivity (Wildman–Crippen MR) is 142 cm³/mol. The van der Waals surface area contributed by atoms with Gasteiger partial charge in [0, 0.05) is 29.8 Å². The number of benzene rings is 2. The van der Waals surface area contributed by atoms with Gasteiger partial charge in [-0.2, -0.15) is 0 Å². The minimum Gasteiger partial charge on any atom is -0.382 e. The van der Waals surface area contributed by atoms with Gasteiger partial charge in [-0.25, -0.2) is 27.2 Å². The highest BCUT2D eigenvalue weighted by atomic mass is 32.2. The summed E-state index contributed by atoms with van der Waals surface area (Å²) < 4.78 is 58.1. The molecule has 0 bridgehead atoms. The van der Waals surface area contributed by atoms with Crippen LogP contribution in [-0.4, -0.2) is 41.5 Å². The molecule has 2 atom stereocenters. The number of nitrogens with zero attached hydrogens (tertiary/aromatic N) is 3. The lowest BCUT2D eigenvalue weighted by molar-refractivity contribution is 0.391. The van der Waals surface area contributed by atoms with E-state index in [2.05, 4.69) is 20.4 Å². The lowest BCUT2D eigenvalue weighted by Gasteiger charge is -2.11. The molecule has 2 aromatic carbocycles. The van der Waals surface area contributed by atoms with Gasteiger partial charge in [-0.3, -0.25) is 0 Å². The number of nitrogen functional groups attached to an aromatic ring is 1. The summed E-state index contributed by atoms with van der Waals surface area (Å²) in [4.78, 5) is 8.98. The predicted octanol–water partition coefficient (Wildman–Crippen LogP) is 5.21. The topological polar surface area (TPSA) is 124 Å². The zero-order chi connectivity index (χ0) is 27.4. The van der Waals surface area contributed by atoms with E-state index in [4.69, 9.17) is 10.3 Å². The average Bonchev–Trinajstić information content (AvgIpc) is 3.41. The van der Waals surface area contributed by atoms with Gasteiger partial charge in [0.2, 0.25) is 0 Å². The van der Waals surface area contributed by atoms with E-state index in [1.165, 1.54) is 18.3 Å². The van der Waals surface area contributed by atoms with Crippen molar-refractivity contribution in [1.29, 1.82) is 0 Å². The number of alkyl halides is 1. The summed E-state index contributed by atoms with van der Waals surface area (Å²) in [6.07, 6.45) is 1.99. The molecule has 3 N–H and O–H groups in total. The normalized spacial score (nSPS) is 13.4. The second-order valence-electron chi connectivity index (χ2n) is 9.10. The van der Waals surface area contributed by atoms with E-state index in [-0.39, 0.29) is 39.5 Å². The zero-order valence-electron chi connectivity index (χ0n) is 21.3. The summed E-state index contributed by atoms with van der Waals surface area (Å²) in [5.41, 5.74) is 8.50. The molecule has 0 spiro atoms. The zero-order valence-corrected chi connectivity index (χ0v) is 22.1. The second kappa shape index (κ2) is 11.4. The summed E-state index contributed by atoms with van der Waals surface area (Å²) in [6, 6.07) is 12.3. The van der Waals surface area contributed by atoms with E-state index >= 15 is 0 Å². The van der Waals surface area contributed by atoms with Crippen LogP contribution in [0.15, 0.2) is 64.1 Å². The molecule has 0 aliphatic rings. The van der Waals surface area contributed by atoms with Crippen LogP contribution in [0.1, 0.15) is 32.8 Å². The fourth-order valence-corrected chi connectivity index (χ4v) is 5.14. The summed E-state index contributed by atoms with van der Waals surface area (Å²) in [7, 11) is -3.41. The molecule has 4 rings (SSSR count). The van der Waals surface area contributed by atoms with Crippen molar-refractivity contribution in [3.63, 3.8) is 0 Å². The molecule has 0 aliphatic heterocycles. The van der Waals surface area contributed by atoms with Crippen LogP contribution in [-0.2, 0) is 16.4 Å². The summed E-state index contributed by atoms with van der Waals surface area (Å²) >= 11 is 0. The molecule has 8 nitrogen and oxygen atoms in total. The first-order valence-corrected chi connectivity index (χ1v) is 13.7. The monoisotopic (exact) mass is 541 g/mol. The van der Waals surface area contributed by atoms with Crippen LogP contribution in [0.3, 0.4) is 0 Å². The van der Waals surface area contributed by atoms with Gasteiger partial charge in [0.25, 0.3) is 0 Å². The van der Waals surface area contributed by atoms with Crippen LogP contribution in [0.25, 0.3) is 34.0 Å². The molecule has 4 aromatic rings. The molecule has 0 amide bonds. The van der Waals surface area contributed by atoms with Crippen molar-refractivity contribution < 1.29 is 21.7 Å². The van der Waals surface area contributed by atoms with Crippen molar-refractivity contribution in [1.82, 2.24) is 20.4 Å². The molecule has 38 heavy (non-hydrogen) atoms. The molecular formula is C27H29F2N5O3S. The number of aromatic nitrogens is 3. The summed E-state index contributed by atoms with van der Waals surface area (Å²) in [5, 5.41) is 6.46. The van der Waals surface area contributed by atoms with Gasteiger partial charge < -0.3 is 15.6 Å². The van der Waals surface area contributed by atoms with Gasteiger partial charge >= 0.3 is 0 Å². The minimum absolute atomic E-state index is 0.0938. The Balaban J connectivity index is 1.59. The number of hydrogen-bond donors (Lipinski definition) is 2. The van der Waals surface area contributed by atoms with Gasteiger partial charge in [-0.05, 0) is 50.1 Å². The van der Waals surface area contributed by atoms with E-state index in [0.717, 1.165) is 0 Å². The highest BCUT2D eigenvalue weighted by molar-refractivity contribution is 7.92. The van der Waals surface area contributed by atoms with Crippen LogP contribution in [0.2, 0.25) is 0 Å². The number of hydrogen-bond acceptors (Lipinski definition) is 8. The molecule has 2 unspecified atom stereocenters. The maximum atomic E-state index is 14.8. The van der Waals surface area contributed by atoms with Crippen molar-refractivity contribution in [2.45, 2.75) is 49.9 Å². The highest BCUT2D eigenvalue weighted by Gasteiger charge is 2.22.